The van der Waals surface area contributed by atoms with E-state index in [1.807, 2.05) is 42.3 Å². The molecule has 0 radical (unpaired) electrons. The van der Waals surface area contributed by atoms with Gasteiger partial charge in [-0.1, -0.05) is 24.3 Å². The third kappa shape index (κ3) is 3.10. The molecule has 4 rings (SSSR count). The Bertz CT molecular complexity index is 934. The summed E-state index contributed by atoms with van der Waals surface area (Å²) in [6, 6.07) is 12.2. The van der Waals surface area contributed by atoms with Crippen LogP contribution < -0.4 is 0 Å². The van der Waals surface area contributed by atoms with Gasteiger partial charge in [-0.05, 0) is 42.7 Å². The fourth-order valence-electron chi connectivity index (χ4n) is 3.66. The van der Waals surface area contributed by atoms with E-state index in [1.165, 1.54) is 5.56 Å². The van der Waals surface area contributed by atoms with Crippen LogP contribution in [0.3, 0.4) is 0 Å². The zero-order valence-electron chi connectivity index (χ0n) is 15.1. The lowest BCUT2D eigenvalue weighted by molar-refractivity contribution is -0.143. The number of aromatic amines is 1. The molecular weight excluding hydrogens is 326 g/mol. The van der Waals surface area contributed by atoms with Crippen LogP contribution >= 0.6 is 0 Å². The van der Waals surface area contributed by atoms with Crippen LogP contribution in [0, 0.1) is 6.92 Å². The molecule has 0 bridgehead atoms. The van der Waals surface area contributed by atoms with E-state index in [4.69, 9.17) is 4.74 Å². The van der Waals surface area contributed by atoms with Crippen molar-refractivity contribution in [1.29, 1.82) is 0 Å². The summed E-state index contributed by atoms with van der Waals surface area (Å²) in [5, 5.41) is 1.01. The summed E-state index contributed by atoms with van der Waals surface area (Å²) >= 11 is 0. The van der Waals surface area contributed by atoms with Crippen LogP contribution in [0.25, 0.3) is 11.0 Å². The van der Waals surface area contributed by atoms with Crippen LogP contribution in [0.1, 0.15) is 29.7 Å². The molecule has 1 N–H and O–H groups in total. The molecule has 1 fully saturated rings. The van der Waals surface area contributed by atoms with Crippen LogP contribution in [-0.4, -0.2) is 40.0 Å². The monoisotopic (exact) mass is 349 g/mol. The number of nitrogens with zero attached hydrogens (tertiary/aromatic N) is 2. The van der Waals surface area contributed by atoms with Crippen LogP contribution in [0.5, 0.6) is 0 Å². The maximum absolute atomic E-state index is 13.0. The number of rotatable bonds is 3. The molecule has 0 saturated carbocycles. The number of aromatic nitrogens is 2. The first-order valence-electron chi connectivity index (χ1n) is 9.01. The number of hydrogen-bond donors (Lipinski definition) is 1. The number of nitrogens with one attached hydrogen (secondary N) is 1. The molecule has 1 aromatic carbocycles. The third-order valence-electron chi connectivity index (χ3n) is 5.17. The highest BCUT2D eigenvalue weighted by Gasteiger charge is 2.31. The van der Waals surface area contributed by atoms with Gasteiger partial charge in [0.2, 0.25) is 5.91 Å². The first-order chi connectivity index (χ1) is 12.6. The van der Waals surface area contributed by atoms with Crippen molar-refractivity contribution < 1.29 is 9.53 Å². The number of fused-ring (bicyclic) bond motifs is 1. The van der Waals surface area contributed by atoms with Crippen LogP contribution in [0.15, 0.2) is 48.8 Å². The normalized spacial score (nSPS) is 20.5. The number of carbonyl (C=O) groups excluding carboxylic acids is 1. The second kappa shape index (κ2) is 6.92. The molecule has 1 saturated heterocycles. The number of amides is 1. The summed E-state index contributed by atoms with van der Waals surface area (Å²) in [4.78, 5) is 22.4. The van der Waals surface area contributed by atoms with Crippen molar-refractivity contribution in [2.24, 2.45) is 0 Å². The Morgan fingerprint density at radius 3 is 3.00 bits per heavy atom. The predicted octanol–water partition coefficient (Wildman–Crippen LogP) is 3.40. The first-order valence-corrected chi connectivity index (χ1v) is 9.01. The topological polar surface area (TPSA) is 58.2 Å². The van der Waals surface area contributed by atoms with Gasteiger partial charge in [0, 0.05) is 17.8 Å². The molecule has 1 amide bonds. The highest BCUT2D eigenvalue weighted by molar-refractivity contribution is 5.87. The van der Waals surface area contributed by atoms with E-state index in [2.05, 4.69) is 29.0 Å². The Hall–Kier alpha value is -2.66. The summed E-state index contributed by atoms with van der Waals surface area (Å²) in [6.45, 7) is 5.27. The second-order valence-electron chi connectivity index (χ2n) is 6.96. The minimum atomic E-state index is -0.0685. The number of ether oxygens (including phenoxy) is 1. The number of aryl methyl sites for hydroxylation is 1. The van der Waals surface area contributed by atoms with E-state index in [9.17, 15) is 4.79 Å². The summed E-state index contributed by atoms with van der Waals surface area (Å²) in [7, 11) is 0. The molecule has 0 spiro atoms. The number of H-pyrrole nitrogens is 1. The van der Waals surface area contributed by atoms with Crippen molar-refractivity contribution in [2.75, 3.05) is 13.2 Å². The van der Waals surface area contributed by atoms with Crippen molar-refractivity contribution in [3.05, 3.63) is 65.5 Å². The van der Waals surface area contributed by atoms with E-state index in [-0.39, 0.29) is 18.1 Å². The number of carbonyl (C=O) groups is 1. The van der Waals surface area contributed by atoms with Crippen molar-refractivity contribution in [2.45, 2.75) is 32.4 Å². The maximum Gasteiger partial charge on any atom is 0.227 e. The summed E-state index contributed by atoms with van der Waals surface area (Å²) < 4.78 is 6.03. The van der Waals surface area contributed by atoms with Crippen molar-refractivity contribution in [3.63, 3.8) is 0 Å². The van der Waals surface area contributed by atoms with Gasteiger partial charge in [-0.3, -0.25) is 4.79 Å². The molecule has 2 aromatic heterocycles. The van der Waals surface area contributed by atoms with E-state index >= 15 is 0 Å². The molecule has 1 aliphatic heterocycles. The maximum atomic E-state index is 13.0. The minimum absolute atomic E-state index is 0.0685. The van der Waals surface area contributed by atoms with E-state index in [1.54, 1.807) is 6.20 Å². The van der Waals surface area contributed by atoms with Gasteiger partial charge in [-0.25, -0.2) is 4.98 Å². The third-order valence-corrected chi connectivity index (χ3v) is 5.17. The van der Waals surface area contributed by atoms with Gasteiger partial charge in [0.05, 0.1) is 25.6 Å². The Morgan fingerprint density at radius 2 is 2.15 bits per heavy atom. The summed E-state index contributed by atoms with van der Waals surface area (Å²) in [5.41, 5.74) is 4.17. The molecule has 1 aliphatic rings. The Kier molecular flexibility index (Phi) is 4.47. The van der Waals surface area contributed by atoms with Gasteiger partial charge in [-0.2, -0.15) is 0 Å². The smallest absolute Gasteiger partial charge is 0.227 e. The van der Waals surface area contributed by atoms with E-state index in [0.717, 1.165) is 22.2 Å². The van der Waals surface area contributed by atoms with Gasteiger partial charge in [0.15, 0.2) is 0 Å². The molecule has 134 valence electrons. The lowest BCUT2D eigenvalue weighted by atomic mass is 10.0. The van der Waals surface area contributed by atoms with Gasteiger partial charge in [0.1, 0.15) is 11.8 Å². The highest BCUT2D eigenvalue weighted by atomic mass is 16.5. The molecule has 2 atom stereocenters. The minimum Gasteiger partial charge on any atom is -0.370 e. The van der Waals surface area contributed by atoms with Crippen molar-refractivity contribution in [1.82, 2.24) is 14.9 Å². The SMILES string of the molecule is Cc1ccccc1[C@@H]1CN(C(=O)Cc2c[nH]c3ncccc23)[C@@H](C)CO1. The lowest BCUT2D eigenvalue weighted by Crippen LogP contribution is -2.48. The number of benzene rings is 1. The number of pyridine rings is 1. The van der Waals surface area contributed by atoms with Crippen LogP contribution in [0.2, 0.25) is 0 Å². The fraction of sp³-hybridized carbons (Fsp3) is 0.333. The lowest BCUT2D eigenvalue weighted by Gasteiger charge is -2.38. The molecule has 3 aromatic rings. The zero-order valence-corrected chi connectivity index (χ0v) is 15.1. The fourth-order valence-corrected chi connectivity index (χ4v) is 3.66. The molecule has 5 heteroatoms. The quantitative estimate of drug-likeness (QED) is 0.788. The van der Waals surface area contributed by atoms with Gasteiger partial charge < -0.3 is 14.6 Å². The molecule has 0 aliphatic carbocycles. The van der Waals surface area contributed by atoms with E-state index < -0.39 is 0 Å². The first kappa shape index (κ1) is 16.8. The molecule has 0 unspecified atom stereocenters. The molecular formula is C21H23N3O2. The summed E-state index contributed by atoms with van der Waals surface area (Å²) in [5.74, 6) is 0.129. The van der Waals surface area contributed by atoms with Crippen molar-refractivity contribution >= 4 is 16.9 Å². The Labute approximate surface area is 153 Å². The zero-order chi connectivity index (χ0) is 18.1. The molecule has 3 heterocycles. The van der Waals surface area contributed by atoms with E-state index in [0.29, 0.717) is 19.6 Å². The van der Waals surface area contributed by atoms with Crippen molar-refractivity contribution in [3.8, 4) is 0 Å². The Balaban J connectivity index is 1.53. The standard InChI is InChI=1S/C21H23N3O2/c1-14-6-3-4-7-17(14)19-12-24(15(2)13-26-19)20(25)10-16-11-23-21-18(16)8-5-9-22-21/h3-9,11,15,19H,10,12-13H2,1-2H3,(H,22,23)/t15-,19-/m0/s1. The average Bonchev–Trinajstić information content (AvgIpc) is 3.06. The Morgan fingerprint density at radius 1 is 1.31 bits per heavy atom. The summed E-state index contributed by atoms with van der Waals surface area (Å²) in [6.07, 6.45) is 3.94. The second-order valence-corrected chi connectivity index (χ2v) is 6.96. The number of hydrogen-bond acceptors (Lipinski definition) is 3. The van der Waals surface area contributed by atoms with Crippen LogP contribution in [-0.2, 0) is 16.0 Å². The number of morpholine rings is 1. The van der Waals surface area contributed by atoms with Gasteiger partial charge >= 0.3 is 0 Å². The average molecular weight is 349 g/mol. The highest BCUT2D eigenvalue weighted by Crippen LogP contribution is 2.28. The van der Waals surface area contributed by atoms with Gasteiger partial charge in [0.25, 0.3) is 0 Å². The molecule has 26 heavy (non-hydrogen) atoms. The van der Waals surface area contributed by atoms with Gasteiger partial charge in [-0.15, -0.1) is 0 Å². The van der Waals surface area contributed by atoms with Crippen LogP contribution in [0.4, 0.5) is 0 Å². The largest absolute Gasteiger partial charge is 0.370 e. The predicted molar refractivity (Wildman–Crippen MR) is 101 cm³/mol. The molecule has 5 nitrogen and oxygen atoms in total.